The number of anilines is 2. The Bertz CT molecular complexity index is 1730. The summed E-state index contributed by atoms with van der Waals surface area (Å²) >= 11 is 0. The Morgan fingerprint density at radius 1 is 0.854 bits per heavy atom. The van der Waals surface area contributed by atoms with Crippen LogP contribution in [-0.4, -0.2) is 53.7 Å². The van der Waals surface area contributed by atoms with E-state index in [1.807, 2.05) is 77.7 Å². The quantitative estimate of drug-likeness (QED) is 0.189. The van der Waals surface area contributed by atoms with E-state index in [0.29, 0.717) is 47.6 Å². The van der Waals surface area contributed by atoms with Gasteiger partial charge in [-0.1, -0.05) is 72.8 Å². The number of para-hydroxylation sites is 1. The van der Waals surface area contributed by atoms with Gasteiger partial charge in [-0.15, -0.1) is 0 Å². The third-order valence-corrected chi connectivity index (χ3v) is 8.72. The highest BCUT2D eigenvalue weighted by atomic mass is 19.3. The minimum Gasteiger partial charge on any atom is -0.489 e. The number of likely N-dealkylation sites (tertiary alicyclic amines) is 1. The summed E-state index contributed by atoms with van der Waals surface area (Å²) in [5, 5.41) is 0. The smallest absolute Gasteiger partial charge is 0.410 e. The number of nitrogens with zero attached hydrogens (tertiary/aromatic N) is 3. The molecule has 10 heteroatoms. The molecule has 4 aromatic rings. The molecule has 252 valence electrons. The SMILES string of the molecule is CC(C)(C)OC(=O)N1CC[C@@](C)(c2cccc3c2OCCN3c2ccc(OCc3ccccc3)nc2OCc2ccccc2)C(F)(F)C1. The molecule has 2 aliphatic heterocycles. The molecule has 1 atom stereocenters. The predicted molar refractivity (Wildman–Crippen MR) is 179 cm³/mol. The van der Waals surface area contributed by atoms with Gasteiger partial charge in [0.25, 0.3) is 5.92 Å². The molecule has 0 radical (unpaired) electrons. The van der Waals surface area contributed by atoms with E-state index in [4.69, 9.17) is 23.9 Å². The molecule has 1 saturated heterocycles. The van der Waals surface area contributed by atoms with Crippen LogP contribution < -0.4 is 19.1 Å². The number of halogens is 2. The number of amides is 1. The molecule has 2 aliphatic rings. The fraction of sp³-hybridized carbons (Fsp3) is 0.368. The van der Waals surface area contributed by atoms with E-state index in [9.17, 15) is 4.79 Å². The van der Waals surface area contributed by atoms with Crippen molar-refractivity contribution in [1.29, 1.82) is 0 Å². The normalized spacial score (nSPS) is 18.8. The van der Waals surface area contributed by atoms with Gasteiger partial charge < -0.3 is 28.7 Å². The van der Waals surface area contributed by atoms with Gasteiger partial charge in [-0.05, 0) is 57.4 Å². The molecule has 0 spiro atoms. The zero-order valence-electron chi connectivity index (χ0n) is 27.7. The van der Waals surface area contributed by atoms with Crippen molar-refractivity contribution in [1.82, 2.24) is 9.88 Å². The minimum atomic E-state index is -3.26. The van der Waals surface area contributed by atoms with Crippen molar-refractivity contribution in [2.75, 3.05) is 31.1 Å². The Hall–Kier alpha value is -4.86. The Kier molecular flexibility index (Phi) is 9.18. The highest BCUT2D eigenvalue weighted by Crippen LogP contribution is 2.53. The van der Waals surface area contributed by atoms with Crippen LogP contribution in [0.25, 0.3) is 0 Å². The molecule has 1 amide bonds. The Balaban J connectivity index is 1.31. The summed E-state index contributed by atoms with van der Waals surface area (Å²) in [5.74, 6) is -2.12. The van der Waals surface area contributed by atoms with Crippen molar-refractivity contribution in [3.63, 3.8) is 0 Å². The third kappa shape index (κ3) is 7.02. The number of aromatic nitrogens is 1. The van der Waals surface area contributed by atoms with Crippen LogP contribution in [0.15, 0.2) is 91.0 Å². The largest absolute Gasteiger partial charge is 0.489 e. The molecule has 3 aromatic carbocycles. The zero-order valence-corrected chi connectivity index (χ0v) is 27.7. The van der Waals surface area contributed by atoms with Gasteiger partial charge in [0.15, 0.2) is 0 Å². The fourth-order valence-corrected chi connectivity index (χ4v) is 6.05. The van der Waals surface area contributed by atoms with Crippen molar-refractivity contribution >= 4 is 17.5 Å². The Morgan fingerprint density at radius 3 is 2.17 bits per heavy atom. The number of carbonyl (C=O) groups is 1. The average molecular weight is 658 g/mol. The lowest BCUT2D eigenvalue weighted by Gasteiger charge is -2.47. The first-order chi connectivity index (χ1) is 22.9. The molecule has 48 heavy (non-hydrogen) atoms. The maximum Gasteiger partial charge on any atom is 0.410 e. The number of hydrogen-bond acceptors (Lipinski definition) is 7. The number of fused-ring (bicyclic) bond motifs is 1. The molecular formula is C38H41F2N3O5. The van der Waals surface area contributed by atoms with E-state index < -0.39 is 29.6 Å². The molecule has 6 rings (SSSR count). The maximum absolute atomic E-state index is 16.2. The second kappa shape index (κ2) is 13.3. The fourth-order valence-electron chi connectivity index (χ4n) is 6.05. The average Bonchev–Trinajstić information content (AvgIpc) is 3.07. The van der Waals surface area contributed by atoms with E-state index in [2.05, 4.69) is 0 Å². The van der Waals surface area contributed by atoms with Crippen molar-refractivity contribution < 1.29 is 32.5 Å². The van der Waals surface area contributed by atoms with Crippen LogP contribution in [0.5, 0.6) is 17.5 Å². The summed E-state index contributed by atoms with van der Waals surface area (Å²) in [6.45, 7) is 7.40. The molecule has 0 aliphatic carbocycles. The number of piperidine rings is 1. The predicted octanol–water partition coefficient (Wildman–Crippen LogP) is 8.30. The van der Waals surface area contributed by atoms with Gasteiger partial charge in [-0.25, -0.2) is 13.6 Å². The summed E-state index contributed by atoms with van der Waals surface area (Å²) in [7, 11) is 0. The van der Waals surface area contributed by atoms with E-state index >= 15 is 8.78 Å². The van der Waals surface area contributed by atoms with Crippen molar-refractivity contribution in [3.05, 3.63) is 108 Å². The molecular weight excluding hydrogens is 616 g/mol. The van der Waals surface area contributed by atoms with Gasteiger partial charge in [0.2, 0.25) is 11.8 Å². The van der Waals surface area contributed by atoms with Crippen LogP contribution in [0.3, 0.4) is 0 Å². The summed E-state index contributed by atoms with van der Waals surface area (Å²) < 4.78 is 56.3. The Morgan fingerprint density at radius 2 is 1.52 bits per heavy atom. The highest BCUT2D eigenvalue weighted by Gasteiger charge is 2.57. The lowest BCUT2D eigenvalue weighted by Crippen LogP contribution is -2.58. The number of hydrogen-bond donors (Lipinski definition) is 0. The summed E-state index contributed by atoms with van der Waals surface area (Å²) in [6.07, 6.45) is -0.715. The maximum atomic E-state index is 16.2. The first kappa shape index (κ1) is 33.1. The van der Waals surface area contributed by atoms with Gasteiger partial charge in [0, 0.05) is 18.2 Å². The topological polar surface area (TPSA) is 73.4 Å². The molecule has 0 unspecified atom stereocenters. The van der Waals surface area contributed by atoms with Crippen LogP contribution in [0.2, 0.25) is 0 Å². The first-order valence-corrected chi connectivity index (χ1v) is 16.2. The van der Waals surface area contributed by atoms with Gasteiger partial charge in [-0.3, -0.25) is 0 Å². The number of ether oxygens (including phenoxy) is 4. The lowest BCUT2D eigenvalue weighted by molar-refractivity contribution is -0.123. The molecule has 3 heterocycles. The monoisotopic (exact) mass is 657 g/mol. The van der Waals surface area contributed by atoms with Gasteiger partial charge in [0.05, 0.1) is 24.2 Å². The van der Waals surface area contributed by atoms with Crippen LogP contribution in [0.1, 0.15) is 50.8 Å². The van der Waals surface area contributed by atoms with Crippen LogP contribution in [0, 0.1) is 0 Å². The van der Waals surface area contributed by atoms with Gasteiger partial charge in [-0.2, -0.15) is 4.98 Å². The first-order valence-electron chi connectivity index (χ1n) is 16.2. The van der Waals surface area contributed by atoms with Crippen LogP contribution in [0.4, 0.5) is 25.0 Å². The van der Waals surface area contributed by atoms with Crippen molar-refractivity contribution in [2.45, 2.75) is 64.3 Å². The second-order valence-corrected chi connectivity index (χ2v) is 13.4. The van der Waals surface area contributed by atoms with Gasteiger partial charge >= 0.3 is 6.09 Å². The third-order valence-electron chi connectivity index (χ3n) is 8.72. The molecule has 1 aromatic heterocycles. The van der Waals surface area contributed by atoms with E-state index in [0.717, 1.165) is 16.0 Å². The van der Waals surface area contributed by atoms with Crippen molar-refractivity contribution in [2.24, 2.45) is 0 Å². The second-order valence-electron chi connectivity index (χ2n) is 13.4. The van der Waals surface area contributed by atoms with Crippen molar-refractivity contribution in [3.8, 4) is 17.5 Å². The van der Waals surface area contributed by atoms with E-state index in [-0.39, 0.29) is 26.2 Å². The summed E-state index contributed by atoms with van der Waals surface area (Å²) in [5.41, 5.74) is 1.28. The standard InChI is InChI=1S/C38H41F2N3O5/c1-36(2,3)48-35(44)42-21-20-37(4,38(39,40)26-42)29-16-11-17-30-33(29)45-23-22-43(30)31-18-19-32(46-24-27-12-7-5-8-13-27)41-34(31)47-25-28-14-9-6-10-15-28/h5-19H,20-26H2,1-4H3/t37-/m0/s1. The van der Waals surface area contributed by atoms with E-state index in [1.165, 1.54) is 0 Å². The summed E-state index contributed by atoms with van der Waals surface area (Å²) in [6, 6.07) is 28.6. The minimum absolute atomic E-state index is 0.0273. The van der Waals surface area contributed by atoms with E-state index in [1.54, 1.807) is 45.9 Å². The van der Waals surface area contributed by atoms with Crippen LogP contribution >= 0.6 is 0 Å². The molecule has 0 saturated carbocycles. The number of benzene rings is 3. The molecule has 8 nitrogen and oxygen atoms in total. The number of carbonyl (C=O) groups excluding carboxylic acids is 1. The molecule has 0 N–H and O–H groups in total. The molecule has 1 fully saturated rings. The number of rotatable bonds is 8. The zero-order chi connectivity index (χ0) is 33.9. The molecule has 0 bridgehead atoms. The highest BCUT2D eigenvalue weighted by molar-refractivity contribution is 5.76. The summed E-state index contributed by atoms with van der Waals surface area (Å²) in [4.78, 5) is 20.6. The number of pyridine rings is 1. The van der Waals surface area contributed by atoms with Gasteiger partial charge in [0.1, 0.15) is 36.9 Å². The van der Waals surface area contributed by atoms with Crippen LogP contribution in [-0.2, 0) is 23.4 Å². The Labute approximate surface area is 280 Å². The number of alkyl halides is 2. The lowest BCUT2D eigenvalue weighted by atomic mass is 9.71.